The molecule has 2 aliphatic heterocycles. The molecule has 3 atom stereocenters. The minimum atomic E-state index is -0.226. The van der Waals surface area contributed by atoms with E-state index in [0.717, 1.165) is 12.0 Å². The number of hydrogen-bond acceptors (Lipinski definition) is 4. The number of nitrogens with zero attached hydrogens (tertiary/aromatic N) is 1. The zero-order chi connectivity index (χ0) is 17.1. The molecule has 3 unspecified atom stereocenters. The Bertz CT molecular complexity index is 590. The van der Waals surface area contributed by atoms with Gasteiger partial charge in [-0.05, 0) is 17.9 Å². The van der Waals surface area contributed by atoms with Crippen LogP contribution in [0.4, 0.5) is 0 Å². The van der Waals surface area contributed by atoms with Gasteiger partial charge in [-0.2, -0.15) is 0 Å². The molecule has 6 heteroatoms. The normalized spacial score (nSPS) is 27.0. The summed E-state index contributed by atoms with van der Waals surface area (Å²) in [7, 11) is 0. The van der Waals surface area contributed by atoms with Gasteiger partial charge in [0.1, 0.15) is 6.04 Å². The summed E-state index contributed by atoms with van der Waals surface area (Å²) in [5, 5.41) is 3.02. The van der Waals surface area contributed by atoms with Crippen molar-refractivity contribution in [2.75, 3.05) is 6.54 Å². The number of carbonyl (C=O) groups excluding carboxylic acids is 2. The van der Waals surface area contributed by atoms with Crippen LogP contribution in [-0.2, 0) is 16.1 Å². The Morgan fingerprint density at radius 3 is 2.71 bits per heavy atom. The van der Waals surface area contributed by atoms with E-state index in [1.807, 2.05) is 35.2 Å². The van der Waals surface area contributed by atoms with Crippen molar-refractivity contribution in [3.63, 3.8) is 0 Å². The van der Waals surface area contributed by atoms with Crippen LogP contribution in [0, 0.1) is 5.92 Å². The van der Waals surface area contributed by atoms with Gasteiger partial charge in [-0.25, -0.2) is 5.43 Å². The smallest absolute Gasteiger partial charge is 0.238 e. The Morgan fingerprint density at radius 2 is 2.04 bits per heavy atom. The van der Waals surface area contributed by atoms with Crippen molar-refractivity contribution in [2.45, 2.75) is 51.4 Å². The molecule has 3 rings (SSSR count). The van der Waals surface area contributed by atoms with E-state index in [1.54, 1.807) is 0 Å². The largest absolute Gasteiger partial charge is 0.350 e. The Hall–Kier alpha value is -1.92. The summed E-state index contributed by atoms with van der Waals surface area (Å²) >= 11 is 0. The molecule has 3 N–H and O–H groups in total. The van der Waals surface area contributed by atoms with Gasteiger partial charge in [-0.15, -0.1) is 0 Å². The molecule has 2 fully saturated rings. The maximum atomic E-state index is 12.4. The first-order chi connectivity index (χ1) is 11.5. The summed E-state index contributed by atoms with van der Waals surface area (Å²) in [6, 6.07) is 9.91. The van der Waals surface area contributed by atoms with Crippen molar-refractivity contribution < 1.29 is 9.59 Å². The minimum Gasteiger partial charge on any atom is -0.350 e. The van der Waals surface area contributed by atoms with Gasteiger partial charge < -0.3 is 10.2 Å². The Morgan fingerprint density at radius 1 is 1.29 bits per heavy atom. The summed E-state index contributed by atoms with van der Waals surface area (Å²) in [6.45, 7) is 5.45. The van der Waals surface area contributed by atoms with Crippen LogP contribution in [0.15, 0.2) is 30.3 Å². The highest BCUT2D eigenvalue weighted by Gasteiger charge is 2.35. The fraction of sp³-hybridized carbons (Fsp3) is 0.556. The number of nitrogens with one attached hydrogen (secondary N) is 3. The number of likely N-dealkylation sites (tertiary alicyclic amines) is 1. The molecule has 2 saturated heterocycles. The van der Waals surface area contributed by atoms with Crippen LogP contribution in [-0.4, -0.2) is 41.4 Å². The molecule has 0 spiro atoms. The lowest BCUT2D eigenvalue weighted by molar-refractivity contribution is -0.128. The second-order valence-electron chi connectivity index (χ2n) is 7.10. The zero-order valence-electron chi connectivity index (χ0n) is 14.3. The predicted molar refractivity (Wildman–Crippen MR) is 91.7 cm³/mol. The summed E-state index contributed by atoms with van der Waals surface area (Å²) in [5.41, 5.74) is 7.35. The summed E-state index contributed by atoms with van der Waals surface area (Å²) < 4.78 is 0. The average molecular weight is 330 g/mol. The standard InChI is InChI=1S/C18H26N4O2/c1-12(2)15-9-16(21-20-15)18(24)19-14-8-17(23)22(11-14)10-13-6-4-3-5-7-13/h3-7,12,14-16,20-21H,8-11H2,1-2H3,(H,19,24). The van der Waals surface area contributed by atoms with Crippen LogP contribution in [0.5, 0.6) is 0 Å². The molecule has 2 amide bonds. The van der Waals surface area contributed by atoms with Gasteiger partial charge in [0.05, 0.1) is 6.04 Å². The van der Waals surface area contributed by atoms with Crippen LogP contribution in [0.3, 0.4) is 0 Å². The zero-order valence-corrected chi connectivity index (χ0v) is 14.3. The van der Waals surface area contributed by atoms with Gasteiger partial charge in [-0.3, -0.25) is 15.0 Å². The number of benzene rings is 1. The third-order valence-corrected chi connectivity index (χ3v) is 4.83. The Kier molecular flexibility index (Phi) is 5.16. The van der Waals surface area contributed by atoms with Crippen LogP contribution in [0.2, 0.25) is 0 Å². The van der Waals surface area contributed by atoms with E-state index in [0.29, 0.717) is 31.5 Å². The SMILES string of the molecule is CC(C)C1CC(C(=O)NC2CC(=O)N(Cc3ccccc3)C2)NN1. The van der Waals surface area contributed by atoms with Crippen LogP contribution in [0.25, 0.3) is 0 Å². The van der Waals surface area contributed by atoms with Crippen LogP contribution < -0.4 is 16.2 Å². The van der Waals surface area contributed by atoms with E-state index in [9.17, 15) is 9.59 Å². The molecule has 0 bridgehead atoms. The highest BCUT2D eigenvalue weighted by atomic mass is 16.2. The number of carbonyl (C=O) groups is 2. The topological polar surface area (TPSA) is 73.5 Å². The van der Waals surface area contributed by atoms with Gasteiger partial charge in [-0.1, -0.05) is 44.2 Å². The molecule has 1 aromatic rings. The molecule has 24 heavy (non-hydrogen) atoms. The third-order valence-electron chi connectivity index (χ3n) is 4.83. The molecule has 1 aromatic carbocycles. The molecule has 0 aromatic heterocycles. The molecule has 0 radical (unpaired) electrons. The molecular formula is C18H26N4O2. The monoisotopic (exact) mass is 330 g/mol. The predicted octanol–water partition coefficient (Wildman–Crippen LogP) is 0.795. The molecule has 2 heterocycles. The lowest BCUT2D eigenvalue weighted by Crippen LogP contribution is -2.47. The van der Waals surface area contributed by atoms with E-state index < -0.39 is 0 Å². The first kappa shape index (κ1) is 16.9. The van der Waals surface area contributed by atoms with Gasteiger partial charge in [0.2, 0.25) is 11.8 Å². The molecule has 0 aliphatic carbocycles. The fourth-order valence-corrected chi connectivity index (χ4v) is 3.32. The van der Waals surface area contributed by atoms with Gasteiger partial charge >= 0.3 is 0 Å². The van der Waals surface area contributed by atoms with Crippen molar-refractivity contribution in [3.05, 3.63) is 35.9 Å². The molecule has 130 valence electrons. The van der Waals surface area contributed by atoms with Crippen molar-refractivity contribution in [2.24, 2.45) is 5.92 Å². The van der Waals surface area contributed by atoms with Crippen molar-refractivity contribution in [3.8, 4) is 0 Å². The van der Waals surface area contributed by atoms with Crippen molar-refractivity contribution in [1.82, 2.24) is 21.1 Å². The first-order valence-electron chi connectivity index (χ1n) is 8.66. The average Bonchev–Trinajstić information content (AvgIpc) is 3.16. The summed E-state index contributed by atoms with van der Waals surface area (Å²) in [6.07, 6.45) is 1.16. The third kappa shape index (κ3) is 3.94. The fourth-order valence-electron chi connectivity index (χ4n) is 3.32. The maximum Gasteiger partial charge on any atom is 0.238 e. The van der Waals surface area contributed by atoms with E-state index in [1.165, 1.54) is 0 Å². The first-order valence-corrected chi connectivity index (χ1v) is 8.66. The lowest BCUT2D eigenvalue weighted by Gasteiger charge is -2.18. The quantitative estimate of drug-likeness (QED) is 0.746. The number of hydrazine groups is 1. The minimum absolute atomic E-state index is 0.0231. The lowest BCUT2D eigenvalue weighted by atomic mass is 9.99. The van der Waals surface area contributed by atoms with E-state index in [2.05, 4.69) is 30.0 Å². The summed E-state index contributed by atoms with van der Waals surface area (Å²) in [4.78, 5) is 26.4. The number of hydrogen-bond donors (Lipinski definition) is 3. The van der Waals surface area contributed by atoms with Crippen molar-refractivity contribution in [1.29, 1.82) is 0 Å². The molecular weight excluding hydrogens is 304 g/mol. The van der Waals surface area contributed by atoms with Crippen molar-refractivity contribution >= 4 is 11.8 Å². The molecule has 0 saturated carbocycles. The van der Waals surface area contributed by atoms with Gasteiger partial charge in [0, 0.05) is 25.6 Å². The van der Waals surface area contributed by atoms with Gasteiger partial charge in [0.25, 0.3) is 0 Å². The Labute approximate surface area is 143 Å². The highest BCUT2D eigenvalue weighted by Crippen LogP contribution is 2.17. The van der Waals surface area contributed by atoms with E-state index in [4.69, 9.17) is 0 Å². The second-order valence-corrected chi connectivity index (χ2v) is 7.10. The van der Waals surface area contributed by atoms with E-state index in [-0.39, 0.29) is 23.9 Å². The second kappa shape index (κ2) is 7.32. The van der Waals surface area contributed by atoms with E-state index >= 15 is 0 Å². The van der Waals surface area contributed by atoms with Crippen LogP contribution >= 0.6 is 0 Å². The molecule has 2 aliphatic rings. The Balaban J connectivity index is 1.50. The maximum absolute atomic E-state index is 12.4. The van der Waals surface area contributed by atoms with Gasteiger partial charge in [0.15, 0.2) is 0 Å². The number of rotatable bonds is 5. The highest BCUT2D eigenvalue weighted by molar-refractivity contribution is 5.85. The molecule has 6 nitrogen and oxygen atoms in total. The number of amides is 2. The van der Waals surface area contributed by atoms with Crippen LogP contribution in [0.1, 0.15) is 32.3 Å². The summed E-state index contributed by atoms with van der Waals surface area (Å²) in [5.74, 6) is 0.552.